The van der Waals surface area contributed by atoms with Gasteiger partial charge >= 0.3 is 0 Å². The summed E-state index contributed by atoms with van der Waals surface area (Å²) >= 11 is 7.18. The van der Waals surface area contributed by atoms with Gasteiger partial charge in [0.25, 0.3) is 0 Å². The van der Waals surface area contributed by atoms with E-state index in [1.165, 1.54) is 11.1 Å². The van der Waals surface area contributed by atoms with Gasteiger partial charge in [0.05, 0.1) is 0 Å². The highest BCUT2D eigenvalue weighted by Gasteiger charge is 2.13. The maximum atomic E-state index is 6.31. The van der Waals surface area contributed by atoms with Crippen LogP contribution >= 0.6 is 31.9 Å². The fourth-order valence-electron chi connectivity index (χ4n) is 1.97. The Kier molecular flexibility index (Phi) is 4.60. The van der Waals surface area contributed by atoms with Crippen molar-refractivity contribution in [1.82, 2.24) is 0 Å². The molecule has 94 valence electrons. The Morgan fingerprint density at radius 3 is 2.50 bits per heavy atom. The van der Waals surface area contributed by atoms with Crippen LogP contribution in [0.25, 0.3) is 0 Å². The number of aryl methyl sites for hydroxylation is 1. The van der Waals surface area contributed by atoms with Crippen molar-refractivity contribution in [2.45, 2.75) is 19.4 Å². The molecular formula is C15H15Br2N. The molecular weight excluding hydrogens is 354 g/mol. The molecule has 2 aromatic carbocycles. The molecule has 0 saturated carbocycles. The lowest BCUT2D eigenvalue weighted by Gasteiger charge is -2.16. The van der Waals surface area contributed by atoms with Gasteiger partial charge in [0.15, 0.2) is 0 Å². The third-order valence-electron chi connectivity index (χ3n) is 3.02. The number of hydrogen-bond donors (Lipinski definition) is 1. The summed E-state index contributed by atoms with van der Waals surface area (Å²) in [7, 11) is 0. The molecule has 18 heavy (non-hydrogen) atoms. The molecule has 2 N–H and O–H groups in total. The van der Waals surface area contributed by atoms with Crippen LogP contribution in [0.4, 0.5) is 0 Å². The van der Waals surface area contributed by atoms with Crippen molar-refractivity contribution in [3.05, 3.63) is 68.1 Å². The predicted octanol–water partition coefficient (Wildman–Crippen LogP) is 4.76. The first kappa shape index (κ1) is 13.8. The van der Waals surface area contributed by atoms with Crippen molar-refractivity contribution >= 4 is 31.9 Å². The van der Waals surface area contributed by atoms with Crippen molar-refractivity contribution < 1.29 is 0 Å². The van der Waals surface area contributed by atoms with E-state index >= 15 is 0 Å². The largest absolute Gasteiger partial charge is 0.324 e. The Labute approximate surface area is 125 Å². The maximum absolute atomic E-state index is 6.31. The second-order valence-electron chi connectivity index (χ2n) is 4.38. The first-order valence-electron chi connectivity index (χ1n) is 5.83. The molecule has 1 nitrogen and oxygen atoms in total. The van der Waals surface area contributed by atoms with Gasteiger partial charge in [0, 0.05) is 15.0 Å². The number of hydrogen-bond acceptors (Lipinski definition) is 1. The summed E-state index contributed by atoms with van der Waals surface area (Å²) in [6, 6.07) is 14.4. The highest BCUT2D eigenvalue weighted by molar-refractivity contribution is 9.10. The Hall–Kier alpha value is -0.640. The second-order valence-corrected chi connectivity index (χ2v) is 6.03. The number of rotatable bonds is 3. The Balaban J connectivity index is 2.25. The first-order chi connectivity index (χ1) is 8.59. The van der Waals surface area contributed by atoms with Gasteiger partial charge in [-0.3, -0.25) is 0 Å². The zero-order valence-corrected chi connectivity index (χ0v) is 13.3. The number of nitrogens with two attached hydrogens (primary N) is 1. The highest BCUT2D eigenvalue weighted by Crippen LogP contribution is 2.29. The molecule has 1 atom stereocenters. The zero-order valence-electron chi connectivity index (χ0n) is 10.2. The van der Waals surface area contributed by atoms with Gasteiger partial charge in [-0.2, -0.15) is 0 Å². The van der Waals surface area contributed by atoms with E-state index in [-0.39, 0.29) is 6.04 Å². The van der Waals surface area contributed by atoms with Crippen LogP contribution in [-0.2, 0) is 6.42 Å². The van der Waals surface area contributed by atoms with Crippen LogP contribution in [0.15, 0.2) is 51.4 Å². The zero-order chi connectivity index (χ0) is 13.1. The molecule has 0 bridgehead atoms. The van der Waals surface area contributed by atoms with Crippen LogP contribution in [0.1, 0.15) is 22.7 Å². The van der Waals surface area contributed by atoms with Gasteiger partial charge in [-0.1, -0.05) is 68.3 Å². The van der Waals surface area contributed by atoms with E-state index in [9.17, 15) is 0 Å². The molecule has 0 aliphatic rings. The Morgan fingerprint density at radius 1 is 1.06 bits per heavy atom. The van der Waals surface area contributed by atoms with Crippen LogP contribution in [0.2, 0.25) is 0 Å². The lowest BCUT2D eigenvalue weighted by molar-refractivity contribution is 0.715. The molecule has 0 aliphatic carbocycles. The average molecular weight is 369 g/mol. The molecule has 1 unspecified atom stereocenters. The van der Waals surface area contributed by atoms with Gasteiger partial charge in [-0.05, 0) is 36.1 Å². The van der Waals surface area contributed by atoms with Crippen LogP contribution in [0, 0.1) is 6.92 Å². The first-order valence-corrected chi connectivity index (χ1v) is 7.42. The van der Waals surface area contributed by atoms with E-state index in [1.807, 2.05) is 18.2 Å². The van der Waals surface area contributed by atoms with Crippen molar-refractivity contribution in [1.29, 1.82) is 0 Å². The Bertz CT molecular complexity index is 552. The molecule has 0 radical (unpaired) electrons. The van der Waals surface area contributed by atoms with Gasteiger partial charge < -0.3 is 5.73 Å². The highest BCUT2D eigenvalue weighted by atomic mass is 79.9. The van der Waals surface area contributed by atoms with Crippen molar-refractivity contribution in [3.8, 4) is 0 Å². The molecule has 0 heterocycles. The summed E-state index contributed by atoms with van der Waals surface area (Å²) in [6.45, 7) is 2.08. The molecule has 3 heteroatoms. The normalized spacial score (nSPS) is 12.4. The fourth-order valence-corrected chi connectivity index (χ4v) is 2.97. The van der Waals surface area contributed by atoms with E-state index < -0.39 is 0 Å². The summed E-state index contributed by atoms with van der Waals surface area (Å²) in [5.74, 6) is 0. The summed E-state index contributed by atoms with van der Waals surface area (Å²) in [6.07, 6.45) is 0.823. The SMILES string of the molecule is Cc1cccc(C(N)Cc2ccccc2Br)c1Br. The lowest BCUT2D eigenvalue weighted by Crippen LogP contribution is -2.14. The summed E-state index contributed by atoms with van der Waals surface area (Å²) in [5.41, 5.74) is 9.93. The third kappa shape index (κ3) is 3.02. The van der Waals surface area contributed by atoms with Gasteiger partial charge in [0.1, 0.15) is 0 Å². The topological polar surface area (TPSA) is 26.0 Å². The molecule has 0 saturated heterocycles. The third-order valence-corrected chi connectivity index (χ3v) is 4.88. The minimum absolute atomic E-state index is 0.00188. The van der Waals surface area contributed by atoms with Crippen LogP contribution < -0.4 is 5.73 Å². The van der Waals surface area contributed by atoms with Crippen LogP contribution in [0.3, 0.4) is 0 Å². The Morgan fingerprint density at radius 2 is 1.78 bits per heavy atom. The van der Waals surface area contributed by atoms with Crippen LogP contribution in [0.5, 0.6) is 0 Å². The van der Waals surface area contributed by atoms with Gasteiger partial charge in [-0.25, -0.2) is 0 Å². The quantitative estimate of drug-likeness (QED) is 0.830. The molecule has 0 aliphatic heterocycles. The van der Waals surface area contributed by atoms with Gasteiger partial charge in [0.2, 0.25) is 0 Å². The van der Waals surface area contributed by atoms with Crippen molar-refractivity contribution in [3.63, 3.8) is 0 Å². The maximum Gasteiger partial charge on any atom is 0.0347 e. The van der Waals surface area contributed by atoms with Gasteiger partial charge in [-0.15, -0.1) is 0 Å². The van der Waals surface area contributed by atoms with Crippen LogP contribution in [-0.4, -0.2) is 0 Å². The van der Waals surface area contributed by atoms with Crippen molar-refractivity contribution in [2.24, 2.45) is 5.73 Å². The molecule has 2 rings (SSSR count). The standard InChI is InChI=1S/C15H15Br2N/c1-10-5-4-7-12(15(10)17)14(18)9-11-6-2-3-8-13(11)16/h2-8,14H,9,18H2,1H3. The average Bonchev–Trinajstić information content (AvgIpc) is 2.35. The second kappa shape index (κ2) is 6.00. The monoisotopic (exact) mass is 367 g/mol. The number of benzene rings is 2. The van der Waals surface area contributed by atoms with E-state index in [0.29, 0.717) is 0 Å². The predicted molar refractivity (Wildman–Crippen MR) is 83.7 cm³/mol. The van der Waals surface area contributed by atoms with Crippen molar-refractivity contribution in [2.75, 3.05) is 0 Å². The van der Waals surface area contributed by atoms with E-state index in [2.05, 4.69) is 63.0 Å². The minimum Gasteiger partial charge on any atom is -0.324 e. The summed E-state index contributed by atoms with van der Waals surface area (Å²) in [5, 5.41) is 0. The molecule has 0 fully saturated rings. The molecule has 0 amide bonds. The molecule has 0 aromatic heterocycles. The molecule has 0 spiro atoms. The van der Waals surface area contributed by atoms with E-state index in [4.69, 9.17) is 5.73 Å². The smallest absolute Gasteiger partial charge is 0.0347 e. The van der Waals surface area contributed by atoms with E-state index in [0.717, 1.165) is 20.9 Å². The lowest BCUT2D eigenvalue weighted by atomic mass is 9.98. The number of halogens is 2. The minimum atomic E-state index is -0.00188. The summed E-state index contributed by atoms with van der Waals surface area (Å²) < 4.78 is 2.23. The molecule has 2 aromatic rings. The van der Waals surface area contributed by atoms with E-state index in [1.54, 1.807) is 0 Å². The summed E-state index contributed by atoms with van der Waals surface area (Å²) in [4.78, 5) is 0. The fraction of sp³-hybridized carbons (Fsp3) is 0.200.